The molecule has 2 aliphatic rings. The summed E-state index contributed by atoms with van der Waals surface area (Å²) in [6.07, 6.45) is 4.51. The number of benzene rings is 1. The van der Waals surface area contributed by atoms with Crippen molar-refractivity contribution in [1.82, 2.24) is 0 Å². The van der Waals surface area contributed by atoms with E-state index in [4.69, 9.17) is 23.1 Å². The van der Waals surface area contributed by atoms with E-state index in [9.17, 15) is 4.39 Å². The van der Waals surface area contributed by atoms with E-state index in [0.717, 1.165) is 32.1 Å². The van der Waals surface area contributed by atoms with Gasteiger partial charge in [-0.3, -0.25) is 4.90 Å². The van der Waals surface area contributed by atoms with Crippen molar-refractivity contribution in [2.24, 2.45) is 21.5 Å². The van der Waals surface area contributed by atoms with Crippen molar-refractivity contribution in [2.75, 3.05) is 4.90 Å². The van der Waals surface area contributed by atoms with Crippen LogP contribution in [0.25, 0.3) is 0 Å². The van der Waals surface area contributed by atoms with Crippen LogP contribution in [-0.2, 0) is 0 Å². The van der Waals surface area contributed by atoms with Crippen molar-refractivity contribution in [1.29, 1.82) is 0 Å². The molecule has 1 spiro atoms. The Morgan fingerprint density at radius 2 is 1.91 bits per heavy atom. The topological polar surface area (TPSA) is 80.0 Å². The Hall–Kier alpha value is -1.34. The van der Waals surface area contributed by atoms with Crippen LogP contribution in [0.15, 0.2) is 26.6 Å². The molecule has 1 aromatic carbocycles. The fraction of sp³-hybridized carbons (Fsp3) is 0.429. The van der Waals surface area contributed by atoms with Gasteiger partial charge in [-0.05, 0) is 37.8 Å². The number of anilines is 1. The predicted molar refractivity (Wildman–Crippen MR) is 90.6 cm³/mol. The fourth-order valence-corrected chi connectivity index (χ4v) is 4.05. The Labute approximate surface area is 141 Å². The number of hydrogen-bond donors (Lipinski definition) is 2. The highest BCUT2D eigenvalue weighted by molar-refractivity contribution is 9.10. The monoisotopic (exact) mass is 387 g/mol. The van der Waals surface area contributed by atoms with Crippen LogP contribution < -0.4 is 16.4 Å². The summed E-state index contributed by atoms with van der Waals surface area (Å²) in [6.45, 7) is 0. The molecule has 0 saturated heterocycles. The van der Waals surface area contributed by atoms with Crippen molar-refractivity contribution in [3.8, 4) is 0 Å². The molecule has 1 heterocycles. The van der Waals surface area contributed by atoms with Crippen molar-refractivity contribution < 1.29 is 4.39 Å². The van der Waals surface area contributed by atoms with Gasteiger partial charge in [0.05, 0.1) is 5.02 Å². The lowest BCUT2D eigenvalue weighted by molar-refractivity contribution is 0.304. The Morgan fingerprint density at radius 3 is 2.55 bits per heavy atom. The minimum Gasteiger partial charge on any atom is -0.369 e. The largest absolute Gasteiger partial charge is 0.369 e. The Bertz CT molecular complexity index is 646. The third kappa shape index (κ3) is 2.56. The smallest absolute Gasteiger partial charge is 0.220 e. The van der Waals surface area contributed by atoms with Crippen LogP contribution in [0.4, 0.5) is 10.1 Å². The molecule has 0 bridgehead atoms. The second kappa shape index (κ2) is 5.70. The Balaban J connectivity index is 2.16. The molecule has 0 radical (unpaired) electrons. The molecule has 118 valence electrons. The molecule has 1 aromatic rings. The first kappa shape index (κ1) is 15.6. The molecule has 1 aliphatic carbocycles. The number of halogens is 3. The van der Waals surface area contributed by atoms with Crippen molar-refractivity contribution in [3.63, 3.8) is 0 Å². The maximum atomic E-state index is 14.6. The van der Waals surface area contributed by atoms with E-state index in [2.05, 4.69) is 25.9 Å². The summed E-state index contributed by atoms with van der Waals surface area (Å²) in [6, 6.07) is 2.98. The van der Waals surface area contributed by atoms with Gasteiger partial charge in [0, 0.05) is 4.47 Å². The number of nitrogens with zero attached hydrogens (tertiary/aromatic N) is 3. The van der Waals surface area contributed by atoms with Gasteiger partial charge in [-0.25, -0.2) is 9.38 Å². The van der Waals surface area contributed by atoms with Crippen LogP contribution in [0.1, 0.15) is 32.1 Å². The third-order valence-electron chi connectivity index (χ3n) is 4.06. The van der Waals surface area contributed by atoms with Gasteiger partial charge in [0.15, 0.2) is 0 Å². The summed E-state index contributed by atoms with van der Waals surface area (Å²) < 4.78 is 15.1. The van der Waals surface area contributed by atoms with E-state index < -0.39 is 11.5 Å². The molecule has 0 unspecified atom stereocenters. The molecular formula is C14H16BrClFN5. The van der Waals surface area contributed by atoms with Crippen LogP contribution in [0.5, 0.6) is 0 Å². The van der Waals surface area contributed by atoms with Crippen LogP contribution >= 0.6 is 27.5 Å². The van der Waals surface area contributed by atoms with E-state index in [1.165, 1.54) is 6.07 Å². The molecule has 1 aliphatic heterocycles. The number of guanidine groups is 2. The summed E-state index contributed by atoms with van der Waals surface area (Å²) in [7, 11) is 0. The van der Waals surface area contributed by atoms with E-state index >= 15 is 0 Å². The maximum Gasteiger partial charge on any atom is 0.220 e. The van der Waals surface area contributed by atoms with Gasteiger partial charge in [-0.2, -0.15) is 4.99 Å². The third-order valence-corrected chi connectivity index (χ3v) is 4.80. The zero-order chi connectivity index (χ0) is 15.9. The number of hydrogen-bond acceptors (Lipinski definition) is 5. The maximum absolute atomic E-state index is 14.6. The summed E-state index contributed by atoms with van der Waals surface area (Å²) >= 11 is 9.50. The molecule has 3 rings (SSSR count). The summed E-state index contributed by atoms with van der Waals surface area (Å²) in [4.78, 5) is 10.1. The van der Waals surface area contributed by atoms with Crippen molar-refractivity contribution in [2.45, 2.75) is 37.8 Å². The number of aliphatic imine (C=N–C) groups is 2. The minimum atomic E-state index is -0.702. The average Bonchev–Trinajstić information content (AvgIpc) is 2.41. The molecule has 0 amide bonds. The summed E-state index contributed by atoms with van der Waals surface area (Å²) in [5, 5.41) is 0.255. The first-order valence-electron chi connectivity index (χ1n) is 7.07. The van der Waals surface area contributed by atoms with E-state index in [1.807, 2.05) is 0 Å². The van der Waals surface area contributed by atoms with Gasteiger partial charge in [0.25, 0.3) is 0 Å². The molecular weight excluding hydrogens is 373 g/mol. The normalized spacial score (nSPS) is 20.8. The second-order valence-corrected chi connectivity index (χ2v) is 6.86. The van der Waals surface area contributed by atoms with E-state index in [-0.39, 0.29) is 22.6 Å². The molecule has 5 nitrogen and oxygen atoms in total. The first-order chi connectivity index (χ1) is 10.4. The van der Waals surface area contributed by atoms with Gasteiger partial charge >= 0.3 is 0 Å². The lowest BCUT2D eigenvalue weighted by Crippen LogP contribution is -2.58. The van der Waals surface area contributed by atoms with Crippen LogP contribution in [0.3, 0.4) is 0 Å². The van der Waals surface area contributed by atoms with Gasteiger partial charge in [0.1, 0.15) is 17.2 Å². The quantitative estimate of drug-likeness (QED) is 0.774. The van der Waals surface area contributed by atoms with Crippen molar-refractivity contribution >= 4 is 45.1 Å². The van der Waals surface area contributed by atoms with E-state index in [1.54, 1.807) is 11.0 Å². The average molecular weight is 389 g/mol. The number of rotatable bonds is 1. The highest BCUT2D eigenvalue weighted by Crippen LogP contribution is 2.43. The highest BCUT2D eigenvalue weighted by atomic mass is 79.9. The molecule has 4 N–H and O–H groups in total. The summed E-state index contributed by atoms with van der Waals surface area (Å²) in [5.74, 6) is -0.222. The molecule has 0 aromatic heterocycles. The highest BCUT2D eigenvalue weighted by Gasteiger charge is 2.44. The van der Waals surface area contributed by atoms with Gasteiger partial charge < -0.3 is 11.5 Å². The standard InChI is InChI=1S/C14H16BrClFN5/c15-8-6-9(16)11(10(17)7-8)22-13(19)20-12(18)21-14(22)4-2-1-3-5-14/h6-7H,1-5H2,(H4,18,19,20,21). The van der Waals surface area contributed by atoms with Gasteiger partial charge in [0.2, 0.25) is 11.9 Å². The van der Waals surface area contributed by atoms with Gasteiger partial charge in [-0.15, -0.1) is 0 Å². The molecule has 0 atom stereocenters. The van der Waals surface area contributed by atoms with Gasteiger partial charge in [-0.1, -0.05) is 34.0 Å². The lowest BCUT2D eigenvalue weighted by atomic mass is 9.87. The molecule has 22 heavy (non-hydrogen) atoms. The molecule has 1 fully saturated rings. The summed E-state index contributed by atoms with van der Waals surface area (Å²) in [5.41, 5.74) is 11.4. The predicted octanol–water partition coefficient (Wildman–Crippen LogP) is 3.35. The fourth-order valence-electron chi connectivity index (χ4n) is 3.19. The minimum absolute atomic E-state index is 0.123. The molecule has 1 saturated carbocycles. The van der Waals surface area contributed by atoms with Crippen LogP contribution in [-0.4, -0.2) is 17.6 Å². The van der Waals surface area contributed by atoms with Crippen LogP contribution in [0, 0.1) is 5.82 Å². The first-order valence-corrected chi connectivity index (χ1v) is 8.24. The van der Waals surface area contributed by atoms with Crippen LogP contribution in [0.2, 0.25) is 5.02 Å². The van der Waals surface area contributed by atoms with Crippen molar-refractivity contribution in [3.05, 3.63) is 27.4 Å². The lowest BCUT2D eigenvalue weighted by Gasteiger charge is -2.45. The zero-order valence-corrected chi connectivity index (χ0v) is 14.2. The second-order valence-electron chi connectivity index (χ2n) is 5.54. The number of nitrogens with two attached hydrogens (primary N) is 2. The SMILES string of the molecule is NC1=NC2(CCCCC2)N(c2c(F)cc(Br)cc2Cl)C(N)=N1. The zero-order valence-electron chi connectivity index (χ0n) is 11.8. The molecule has 8 heteroatoms. The van der Waals surface area contributed by atoms with E-state index in [0.29, 0.717) is 4.47 Å². The Morgan fingerprint density at radius 1 is 1.23 bits per heavy atom. The Kier molecular flexibility index (Phi) is 4.03.